The highest BCUT2D eigenvalue weighted by Gasteiger charge is 2.11. The molecule has 0 bridgehead atoms. The molecule has 2 heterocycles. The van der Waals surface area contributed by atoms with Crippen molar-refractivity contribution in [1.29, 1.82) is 0 Å². The van der Waals surface area contributed by atoms with Gasteiger partial charge in [0.25, 0.3) is 0 Å². The van der Waals surface area contributed by atoms with E-state index < -0.39 is 0 Å². The average Bonchev–Trinajstić information content (AvgIpc) is 2.83. The summed E-state index contributed by atoms with van der Waals surface area (Å²) in [5.41, 5.74) is 2.68. The molecule has 0 aliphatic rings. The topological polar surface area (TPSA) is 46.8 Å². The lowest BCUT2D eigenvalue weighted by molar-refractivity contribution is 1.04. The fourth-order valence-corrected chi connectivity index (χ4v) is 1.93. The Hall–Kier alpha value is -2.43. The highest BCUT2D eigenvalue weighted by atomic mass is 15.2. The molecular weight excluding hydrogens is 226 g/mol. The zero-order valence-corrected chi connectivity index (χ0v) is 10.3. The normalized spacial score (nSPS) is 10.8. The third-order valence-corrected chi connectivity index (χ3v) is 2.77. The number of benzene rings is 1. The summed E-state index contributed by atoms with van der Waals surface area (Å²) < 4.78 is 1.96. The van der Waals surface area contributed by atoms with E-state index in [1.54, 1.807) is 12.7 Å². The maximum atomic E-state index is 4.41. The molecule has 2 aromatic heterocycles. The van der Waals surface area contributed by atoms with Gasteiger partial charge in [0.1, 0.15) is 12.7 Å². The van der Waals surface area contributed by atoms with Crippen LogP contribution in [0.15, 0.2) is 43.0 Å². The van der Waals surface area contributed by atoms with E-state index in [0.717, 1.165) is 22.7 Å². The Labute approximate surface area is 105 Å². The number of nitrogens with zero attached hydrogens (tertiary/aromatic N) is 5. The Bertz CT molecular complexity index is 672. The minimum atomic E-state index is 0.811. The van der Waals surface area contributed by atoms with E-state index in [1.165, 1.54) is 0 Å². The van der Waals surface area contributed by atoms with Crippen molar-refractivity contribution in [3.63, 3.8) is 0 Å². The molecule has 3 aromatic rings. The zero-order valence-electron chi connectivity index (χ0n) is 10.3. The summed E-state index contributed by atoms with van der Waals surface area (Å²) in [6.45, 7) is 0. The molecule has 0 amide bonds. The summed E-state index contributed by atoms with van der Waals surface area (Å²) >= 11 is 0. The SMILES string of the molecule is CN(C)c1ncnc2c1ncn2-c1ccccc1. The second kappa shape index (κ2) is 4.10. The fourth-order valence-electron chi connectivity index (χ4n) is 1.93. The third-order valence-electron chi connectivity index (χ3n) is 2.77. The van der Waals surface area contributed by atoms with Crippen LogP contribution in [0.2, 0.25) is 0 Å². The maximum Gasteiger partial charge on any atom is 0.170 e. The molecule has 0 unspecified atom stereocenters. The van der Waals surface area contributed by atoms with E-state index in [1.807, 2.05) is 53.9 Å². The van der Waals surface area contributed by atoms with Crippen molar-refractivity contribution in [2.75, 3.05) is 19.0 Å². The minimum absolute atomic E-state index is 0.811. The first kappa shape index (κ1) is 10.7. The Kier molecular flexibility index (Phi) is 2.44. The van der Waals surface area contributed by atoms with Crippen molar-refractivity contribution in [1.82, 2.24) is 19.5 Å². The fraction of sp³-hybridized carbons (Fsp3) is 0.154. The van der Waals surface area contributed by atoms with Crippen LogP contribution < -0.4 is 4.90 Å². The van der Waals surface area contributed by atoms with Crippen LogP contribution in [0.1, 0.15) is 0 Å². The quantitative estimate of drug-likeness (QED) is 0.685. The van der Waals surface area contributed by atoms with Gasteiger partial charge in [-0.3, -0.25) is 4.57 Å². The van der Waals surface area contributed by atoms with Gasteiger partial charge in [-0.05, 0) is 12.1 Å². The monoisotopic (exact) mass is 239 g/mol. The number of para-hydroxylation sites is 1. The van der Waals surface area contributed by atoms with Crippen molar-refractivity contribution in [3.8, 4) is 5.69 Å². The Morgan fingerprint density at radius 1 is 1.00 bits per heavy atom. The molecule has 90 valence electrons. The standard InChI is InChI=1S/C13H13N5/c1-17(2)12-11-13(15-8-14-12)18(9-16-11)10-6-4-3-5-7-10/h3-9H,1-2H3. The van der Waals surface area contributed by atoms with E-state index >= 15 is 0 Å². The van der Waals surface area contributed by atoms with Gasteiger partial charge in [-0.1, -0.05) is 18.2 Å². The summed E-state index contributed by atoms with van der Waals surface area (Å²) in [6.07, 6.45) is 3.35. The molecule has 3 rings (SSSR count). The van der Waals surface area contributed by atoms with Crippen molar-refractivity contribution in [3.05, 3.63) is 43.0 Å². The molecule has 0 N–H and O–H groups in total. The highest BCUT2D eigenvalue weighted by molar-refractivity contribution is 5.84. The van der Waals surface area contributed by atoms with Crippen LogP contribution in [-0.4, -0.2) is 33.6 Å². The van der Waals surface area contributed by atoms with Crippen molar-refractivity contribution >= 4 is 17.0 Å². The Morgan fingerprint density at radius 2 is 1.78 bits per heavy atom. The van der Waals surface area contributed by atoms with Gasteiger partial charge < -0.3 is 4.90 Å². The average molecular weight is 239 g/mol. The minimum Gasteiger partial charge on any atom is -0.361 e. The van der Waals surface area contributed by atoms with Gasteiger partial charge in [0.15, 0.2) is 17.0 Å². The molecule has 0 saturated heterocycles. The van der Waals surface area contributed by atoms with Crippen molar-refractivity contribution in [2.24, 2.45) is 0 Å². The largest absolute Gasteiger partial charge is 0.361 e. The number of hydrogen-bond donors (Lipinski definition) is 0. The lowest BCUT2D eigenvalue weighted by atomic mass is 10.3. The van der Waals surface area contributed by atoms with E-state index in [0.29, 0.717) is 0 Å². The number of hydrogen-bond acceptors (Lipinski definition) is 4. The summed E-state index contributed by atoms with van der Waals surface area (Å²) in [7, 11) is 3.90. The van der Waals surface area contributed by atoms with Gasteiger partial charge in [0.2, 0.25) is 0 Å². The lowest BCUT2D eigenvalue weighted by Gasteiger charge is -2.10. The summed E-state index contributed by atoms with van der Waals surface area (Å²) in [5, 5.41) is 0. The number of rotatable bonds is 2. The second-order valence-electron chi connectivity index (χ2n) is 4.21. The first-order valence-corrected chi connectivity index (χ1v) is 5.68. The maximum absolute atomic E-state index is 4.41. The molecular formula is C13H13N5. The predicted octanol–water partition coefficient (Wildman–Crippen LogP) is 1.88. The van der Waals surface area contributed by atoms with Crippen LogP contribution in [-0.2, 0) is 0 Å². The molecule has 0 spiro atoms. The highest BCUT2D eigenvalue weighted by Crippen LogP contribution is 2.21. The van der Waals surface area contributed by atoms with E-state index in [4.69, 9.17) is 0 Å². The summed E-state index contributed by atoms with van der Waals surface area (Å²) in [5.74, 6) is 0.828. The van der Waals surface area contributed by atoms with Crippen LogP contribution in [0.25, 0.3) is 16.9 Å². The summed E-state index contributed by atoms with van der Waals surface area (Å²) in [6, 6.07) is 10.0. The zero-order chi connectivity index (χ0) is 12.5. The van der Waals surface area contributed by atoms with Gasteiger partial charge in [0.05, 0.1) is 0 Å². The molecule has 0 fully saturated rings. The molecule has 0 saturated carbocycles. The van der Waals surface area contributed by atoms with Crippen LogP contribution >= 0.6 is 0 Å². The van der Waals surface area contributed by atoms with E-state index in [-0.39, 0.29) is 0 Å². The van der Waals surface area contributed by atoms with Crippen molar-refractivity contribution < 1.29 is 0 Å². The molecule has 5 nitrogen and oxygen atoms in total. The van der Waals surface area contributed by atoms with Crippen molar-refractivity contribution in [2.45, 2.75) is 0 Å². The lowest BCUT2D eigenvalue weighted by Crippen LogP contribution is -2.11. The molecule has 0 aliphatic carbocycles. The van der Waals surface area contributed by atoms with Crippen LogP contribution in [0.5, 0.6) is 0 Å². The van der Waals surface area contributed by atoms with Gasteiger partial charge in [-0.25, -0.2) is 15.0 Å². The van der Waals surface area contributed by atoms with Crippen LogP contribution in [0.3, 0.4) is 0 Å². The van der Waals surface area contributed by atoms with Gasteiger partial charge in [0, 0.05) is 19.8 Å². The predicted molar refractivity (Wildman–Crippen MR) is 71.0 cm³/mol. The molecule has 0 radical (unpaired) electrons. The third kappa shape index (κ3) is 1.60. The summed E-state index contributed by atoms with van der Waals surface area (Å²) in [4.78, 5) is 14.9. The van der Waals surface area contributed by atoms with E-state index in [2.05, 4.69) is 15.0 Å². The molecule has 0 aliphatic heterocycles. The van der Waals surface area contributed by atoms with Gasteiger partial charge in [-0.2, -0.15) is 0 Å². The smallest absolute Gasteiger partial charge is 0.170 e. The van der Waals surface area contributed by atoms with E-state index in [9.17, 15) is 0 Å². The van der Waals surface area contributed by atoms with Crippen LogP contribution in [0, 0.1) is 0 Å². The molecule has 1 aromatic carbocycles. The van der Waals surface area contributed by atoms with Gasteiger partial charge >= 0.3 is 0 Å². The molecule has 0 atom stereocenters. The molecule has 18 heavy (non-hydrogen) atoms. The Balaban J connectivity index is 2.25. The molecule has 5 heteroatoms. The number of imidazole rings is 1. The Morgan fingerprint density at radius 3 is 2.50 bits per heavy atom. The van der Waals surface area contributed by atoms with Crippen LogP contribution in [0.4, 0.5) is 5.82 Å². The second-order valence-corrected chi connectivity index (χ2v) is 4.21. The number of fused-ring (bicyclic) bond motifs is 1. The first-order chi connectivity index (χ1) is 8.77. The first-order valence-electron chi connectivity index (χ1n) is 5.68. The number of aromatic nitrogens is 4. The van der Waals surface area contributed by atoms with Gasteiger partial charge in [-0.15, -0.1) is 0 Å². The number of anilines is 1.